The summed E-state index contributed by atoms with van der Waals surface area (Å²) in [5.41, 5.74) is 0.481. The lowest BCUT2D eigenvalue weighted by Crippen LogP contribution is -2.61. The van der Waals surface area contributed by atoms with Crippen LogP contribution < -0.4 is 20.9 Å². The molecular formula is C23H32N4O4. The number of benzene rings is 1. The molecule has 0 spiro atoms. The SMILES string of the molecule is CCC(C)(C(=O)NC1CCCCC1)N(C(=O)CC1NC(=O)NC1=O)c1ccc(C)cc1. The van der Waals surface area contributed by atoms with E-state index in [9.17, 15) is 19.2 Å². The Morgan fingerprint density at radius 2 is 1.77 bits per heavy atom. The number of nitrogens with one attached hydrogen (secondary N) is 3. The quantitative estimate of drug-likeness (QED) is 0.580. The Bertz CT molecular complexity index is 848. The molecule has 0 aromatic heterocycles. The number of rotatable bonds is 7. The van der Waals surface area contributed by atoms with Crippen LogP contribution in [-0.2, 0) is 14.4 Å². The topological polar surface area (TPSA) is 108 Å². The van der Waals surface area contributed by atoms with Crippen LogP contribution in [-0.4, -0.2) is 41.4 Å². The fraction of sp³-hybridized carbons (Fsp3) is 0.565. The highest BCUT2D eigenvalue weighted by molar-refractivity contribution is 6.09. The van der Waals surface area contributed by atoms with Gasteiger partial charge in [-0.3, -0.25) is 24.6 Å². The number of carbonyl (C=O) groups is 4. The minimum atomic E-state index is -1.14. The number of nitrogens with zero attached hydrogens (tertiary/aromatic N) is 1. The lowest BCUT2D eigenvalue weighted by Gasteiger charge is -2.41. The first-order valence-corrected chi connectivity index (χ1v) is 11.1. The van der Waals surface area contributed by atoms with E-state index < -0.39 is 29.4 Å². The average molecular weight is 429 g/mol. The first-order chi connectivity index (χ1) is 14.7. The van der Waals surface area contributed by atoms with Gasteiger partial charge in [-0.2, -0.15) is 0 Å². The second kappa shape index (κ2) is 9.49. The number of anilines is 1. The predicted molar refractivity (Wildman–Crippen MR) is 117 cm³/mol. The summed E-state index contributed by atoms with van der Waals surface area (Å²) in [5, 5.41) is 7.77. The van der Waals surface area contributed by atoms with Crippen LogP contribution in [0.4, 0.5) is 10.5 Å². The Kier molecular flexibility index (Phi) is 6.97. The summed E-state index contributed by atoms with van der Waals surface area (Å²) in [7, 11) is 0. The monoisotopic (exact) mass is 428 g/mol. The third-order valence-electron chi connectivity index (χ3n) is 6.39. The van der Waals surface area contributed by atoms with Gasteiger partial charge in [0.15, 0.2) is 0 Å². The molecule has 1 aromatic rings. The second-order valence-corrected chi connectivity index (χ2v) is 8.72. The van der Waals surface area contributed by atoms with Crippen molar-refractivity contribution in [3.05, 3.63) is 29.8 Å². The summed E-state index contributed by atoms with van der Waals surface area (Å²) >= 11 is 0. The fourth-order valence-corrected chi connectivity index (χ4v) is 4.27. The standard InChI is InChI=1S/C23H32N4O4/c1-4-23(3,21(30)24-16-8-6-5-7-9-16)27(17-12-10-15(2)11-13-17)19(28)14-18-20(29)26-22(31)25-18/h10-13,16,18H,4-9,14H2,1-3H3,(H,24,30)(H2,25,26,29,31). The smallest absolute Gasteiger partial charge is 0.322 e. The Balaban J connectivity index is 1.89. The second-order valence-electron chi connectivity index (χ2n) is 8.72. The van der Waals surface area contributed by atoms with Crippen molar-refractivity contribution in [3.8, 4) is 0 Å². The van der Waals surface area contributed by atoms with Crippen LogP contribution in [0.25, 0.3) is 0 Å². The molecule has 8 nitrogen and oxygen atoms in total. The Morgan fingerprint density at radius 1 is 1.13 bits per heavy atom. The molecule has 3 rings (SSSR count). The normalized spacial score (nSPS) is 21.1. The highest BCUT2D eigenvalue weighted by Gasteiger charge is 2.44. The van der Waals surface area contributed by atoms with Gasteiger partial charge < -0.3 is 10.6 Å². The van der Waals surface area contributed by atoms with E-state index in [1.807, 2.05) is 38.1 Å². The summed E-state index contributed by atoms with van der Waals surface area (Å²) in [5.74, 6) is -1.13. The van der Waals surface area contributed by atoms with Crippen LogP contribution in [0.2, 0.25) is 0 Å². The first-order valence-electron chi connectivity index (χ1n) is 11.1. The maximum Gasteiger partial charge on any atom is 0.322 e. The maximum atomic E-state index is 13.5. The Labute approximate surface area is 183 Å². The largest absolute Gasteiger partial charge is 0.351 e. The molecule has 1 aliphatic heterocycles. The van der Waals surface area contributed by atoms with E-state index in [0.717, 1.165) is 31.2 Å². The minimum absolute atomic E-state index is 0.113. The van der Waals surface area contributed by atoms with E-state index in [1.54, 1.807) is 6.92 Å². The van der Waals surface area contributed by atoms with Gasteiger partial charge in [0, 0.05) is 11.7 Å². The van der Waals surface area contributed by atoms with Crippen LogP contribution in [0.3, 0.4) is 0 Å². The number of amides is 5. The zero-order valence-corrected chi connectivity index (χ0v) is 18.5. The molecule has 1 heterocycles. The van der Waals surface area contributed by atoms with Crippen LogP contribution >= 0.6 is 0 Å². The highest BCUT2D eigenvalue weighted by atomic mass is 16.2. The highest BCUT2D eigenvalue weighted by Crippen LogP contribution is 2.30. The molecule has 2 atom stereocenters. The molecule has 3 N–H and O–H groups in total. The van der Waals surface area contributed by atoms with Crippen molar-refractivity contribution in [3.63, 3.8) is 0 Å². The van der Waals surface area contributed by atoms with Crippen molar-refractivity contribution in [2.45, 2.75) is 83.3 Å². The summed E-state index contributed by atoms with van der Waals surface area (Å²) in [6.45, 7) is 5.58. The summed E-state index contributed by atoms with van der Waals surface area (Å²) in [4.78, 5) is 51.9. The van der Waals surface area contributed by atoms with Crippen LogP contribution in [0.1, 0.15) is 64.4 Å². The number of aryl methyl sites for hydroxylation is 1. The van der Waals surface area contributed by atoms with Gasteiger partial charge in [0.25, 0.3) is 5.91 Å². The Morgan fingerprint density at radius 3 is 2.32 bits per heavy atom. The minimum Gasteiger partial charge on any atom is -0.351 e. The van der Waals surface area contributed by atoms with E-state index in [4.69, 9.17) is 0 Å². The van der Waals surface area contributed by atoms with Gasteiger partial charge in [-0.1, -0.05) is 43.9 Å². The van der Waals surface area contributed by atoms with Crippen molar-refractivity contribution >= 4 is 29.4 Å². The van der Waals surface area contributed by atoms with Crippen LogP contribution in [0.5, 0.6) is 0 Å². The lowest BCUT2D eigenvalue weighted by molar-refractivity contribution is -0.131. The number of carbonyl (C=O) groups excluding carboxylic acids is 4. The molecule has 8 heteroatoms. The Hall–Kier alpha value is -2.90. The number of hydrogen-bond acceptors (Lipinski definition) is 4. The predicted octanol–water partition coefficient (Wildman–Crippen LogP) is 2.54. The molecule has 1 saturated carbocycles. The van der Waals surface area contributed by atoms with Gasteiger partial charge in [-0.15, -0.1) is 0 Å². The van der Waals surface area contributed by atoms with Gasteiger partial charge in [0.2, 0.25) is 11.8 Å². The van der Waals surface area contributed by atoms with E-state index in [1.165, 1.54) is 11.3 Å². The zero-order valence-electron chi connectivity index (χ0n) is 18.5. The molecule has 0 bridgehead atoms. The molecule has 5 amide bonds. The van der Waals surface area contributed by atoms with E-state index in [0.29, 0.717) is 12.1 Å². The van der Waals surface area contributed by atoms with Crippen molar-refractivity contribution in [2.24, 2.45) is 0 Å². The van der Waals surface area contributed by atoms with Crippen molar-refractivity contribution in [1.29, 1.82) is 0 Å². The van der Waals surface area contributed by atoms with E-state index >= 15 is 0 Å². The molecule has 168 valence electrons. The molecule has 2 fully saturated rings. The molecule has 2 aliphatic rings. The molecular weight excluding hydrogens is 396 g/mol. The van der Waals surface area contributed by atoms with Crippen LogP contribution in [0, 0.1) is 6.92 Å². The average Bonchev–Trinajstić information content (AvgIpc) is 3.06. The lowest BCUT2D eigenvalue weighted by atomic mass is 9.90. The van der Waals surface area contributed by atoms with Gasteiger partial charge >= 0.3 is 6.03 Å². The fourth-order valence-electron chi connectivity index (χ4n) is 4.27. The zero-order chi connectivity index (χ0) is 22.6. The molecule has 1 saturated heterocycles. The van der Waals surface area contributed by atoms with Gasteiger partial charge in [-0.05, 0) is 45.2 Å². The van der Waals surface area contributed by atoms with Crippen LogP contribution in [0.15, 0.2) is 24.3 Å². The number of urea groups is 1. The summed E-state index contributed by atoms with van der Waals surface area (Å²) in [6.07, 6.45) is 5.42. The number of hydrogen-bond donors (Lipinski definition) is 3. The molecule has 2 unspecified atom stereocenters. The van der Waals surface area contributed by atoms with Gasteiger partial charge in [-0.25, -0.2) is 4.79 Å². The molecule has 1 aromatic carbocycles. The molecule has 0 radical (unpaired) electrons. The van der Waals surface area contributed by atoms with Crippen molar-refractivity contribution < 1.29 is 19.2 Å². The number of imide groups is 1. The van der Waals surface area contributed by atoms with E-state index in [2.05, 4.69) is 16.0 Å². The summed E-state index contributed by atoms with van der Waals surface area (Å²) in [6, 6.07) is 5.93. The molecule has 1 aliphatic carbocycles. The van der Waals surface area contributed by atoms with Gasteiger partial charge in [0.1, 0.15) is 11.6 Å². The van der Waals surface area contributed by atoms with Gasteiger partial charge in [0.05, 0.1) is 6.42 Å². The maximum absolute atomic E-state index is 13.5. The first kappa shape index (κ1) is 22.8. The van der Waals surface area contributed by atoms with Crippen molar-refractivity contribution in [2.75, 3.05) is 4.90 Å². The third-order valence-corrected chi connectivity index (χ3v) is 6.39. The van der Waals surface area contributed by atoms with E-state index in [-0.39, 0.29) is 18.4 Å². The van der Waals surface area contributed by atoms with Crippen molar-refractivity contribution in [1.82, 2.24) is 16.0 Å². The third kappa shape index (κ3) is 5.06. The summed E-state index contributed by atoms with van der Waals surface area (Å²) < 4.78 is 0. The molecule has 31 heavy (non-hydrogen) atoms.